The van der Waals surface area contributed by atoms with E-state index >= 15 is 0 Å². The number of nitrogens with zero attached hydrogens (tertiary/aromatic N) is 1. The third-order valence-electron chi connectivity index (χ3n) is 2.86. The van der Waals surface area contributed by atoms with Gasteiger partial charge in [0.2, 0.25) is 0 Å². The second-order valence-electron chi connectivity index (χ2n) is 4.32. The number of aliphatic imine (C=N–C) groups is 1. The minimum absolute atomic E-state index is 0.799. The van der Waals surface area contributed by atoms with E-state index in [2.05, 4.69) is 30.1 Å². The molecule has 0 bridgehead atoms. The maximum Gasteiger partial charge on any atom is 0.119 e. The summed E-state index contributed by atoms with van der Waals surface area (Å²) < 4.78 is 5.75. The third kappa shape index (κ3) is 3.59. The Morgan fingerprint density at radius 2 is 2.06 bits per heavy atom. The Morgan fingerprint density at radius 3 is 2.94 bits per heavy atom. The van der Waals surface area contributed by atoms with Crippen molar-refractivity contribution < 1.29 is 4.74 Å². The number of benzene rings is 1. The summed E-state index contributed by atoms with van der Waals surface area (Å²) in [6.45, 7) is 3.00. The van der Waals surface area contributed by atoms with E-state index in [9.17, 15) is 0 Å². The summed E-state index contributed by atoms with van der Waals surface area (Å²) in [6, 6.07) is 6.18. The van der Waals surface area contributed by atoms with Crippen LogP contribution in [-0.4, -0.2) is 12.8 Å². The Morgan fingerprint density at radius 1 is 1.11 bits per heavy atom. The summed E-state index contributed by atoms with van der Waals surface area (Å²) in [5.74, 6) is 0.945. The maximum absolute atomic E-state index is 5.75. The highest BCUT2D eigenvalue weighted by Crippen LogP contribution is 2.21. The van der Waals surface area contributed by atoms with Gasteiger partial charge in [0.25, 0.3) is 0 Å². The first-order chi connectivity index (χ1) is 8.90. The molecule has 0 amide bonds. The Kier molecular flexibility index (Phi) is 4.77. The summed E-state index contributed by atoms with van der Waals surface area (Å²) in [6.07, 6.45) is 13.2. The topological polar surface area (TPSA) is 21.6 Å². The average molecular weight is 241 g/mol. The highest BCUT2D eigenvalue weighted by atomic mass is 16.5. The van der Waals surface area contributed by atoms with Gasteiger partial charge in [0.15, 0.2) is 0 Å². The lowest BCUT2D eigenvalue weighted by Crippen LogP contribution is -1.97. The van der Waals surface area contributed by atoms with Crippen molar-refractivity contribution in [2.45, 2.75) is 26.2 Å². The molecule has 2 heteroatoms. The molecule has 0 saturated heterocycles. The first-order valence-corrected chi connectivity index (χ1v) is 6.53. The fourth-order valence-electron chi connectivity index (χ4n) is 1.85. The Balaban J connectivity index is 2.05. The zero-order valence-electron chi connectivity index (χ0n) is 10.8. The van der Waals surface area contributed by atoms with E-state index < -0.39 is 0 Å². The number of ether oxygens (including phenoxy) is 1. The van der Waals surface area contributed by atoms with Gasteiger partial charge in [0.1, 0.15) is 5.75 Å². The molecular formula is C16H19NO. The molecule has 0 unspecified atom stereocenters. The van der Waals surface area contributed by atoms with Crippen molar-refractivity contribution in [3.63, 3.8) is 0 Å². The van der Waals surface area contributed by atoms with Crippen LogP contribution < -0.4 is 4.74 Å². The van der Waals surface area contributed by atoms with Crippen LogP contribution in [0.25, 0.3) is 12.2 Å². The molecular weight excluding hydrogens is 222 g/mol. The van der Waals surface area contributed by atoms with Crippen molar-refractivity contribution in [2.75, 3.05) is 6.61 Å². The first-order valence-electron chi connectivity index (χ1n) is 6.53. The van der Waals surface area contributed by atoms with E-state index in [0.29, 0.717) is 0 Å². The van der Waals surface area contributed by atoms with Gasteiger partial charge in [-0.1, -0.05) is 31.9 Å². The van der Waals surface area contributed by atoms with Crippen LogP contribution in [0.15, 0.2) is 35.5 Å². The minimum atomic E-state index is 0.799. The standard InChI is InChI=1S/C16H19NO/c1-2-3-4-12-18-16-8-7-14-9-11-17-10-5-6-15(14)13-16/h5-11,13H,2-4,12H2,1H3/b6-5-,10-5?,11-9-,14-9?,15-6?,17-10-,17-11?. The zero-order valence-corrected chi connectivity index (χ0v) is 10.8. The molecule has 2 nitrogen and oxygen atoms in total. The number of hydrogen-bond acceptors (Lipinski definition) is 2. The molecule has 0 aromatic heterocycles. The van der Waals surface area contributed by atoms with Crippen LogP contribution in [0.2, 0.25) is 0 Å². The summed E-state index contributed by atoms with van der Waals surface area (Å²) in [5, 5.41) is 0. The van der Waals surface area contributed by atoms with Gasteiger partial charge in [-0.25, -0.2) is 0 Å². The van der Waals surface area contributed by atoms with Gasteiger partial charge in [0, 0.05) is 12.4 Å². The number of unbranched alkanes of at least 4 members (excludes halogenated alkanes) is 2. The zero-order chi connectivity index (χ0) is 12.6. The summed E-state index contributed by atoms with van der Waals surface area (Å²) in [7, 11) is 0. The minimum Gasteiger partial charge on any atom is -0.494 e. The van der Waals surface area contributed by atoms with E-state index in [1.165, 1.54) is 24.0 Å². The molecule has 0 aliphatic carbocycles. The predicted octanol–water partition coefficient (Wildman–Crippen LogP) is 4.32. The molecule has 94 valence electrons. The predicted molar refractivity (Wildman–Crippen MR) is 78.0 cm³/mol. The molecule has 0 fully saturated rings. The molecule has 2 rings (SSSR count). The lowest BCUT2D eigenvalue weighted by atomic mass is 10.1. The largest absolute Gasteiger partial charge is 0.494 e. The van der Waals surface area contributed by atoms with E-state index in [1.54, 1.807) is 6.21 Å². The molecule has 1 aromatic rings. The van der Waals surface area contributed by atoms with Gasteiger partial charge in [-0.15, -0.1) is 0 Å². The smallest absolute Gasteiger partial charge is 0.119 e. The summed E-state index contributed by atoms with van der Waals surface area (Å²) in [5.41, 5.74) is 2.34. The van der Waals surface area contributed by atoms with Gasteiger partial charge in [-0.3, -0.25) is 4.99 Å². The summed E-state index contributed by atoms with van der Waals surface area (Å²) in [4.78, 5) is 4.10. The van der Waals surface area contributed by atoms with Crippen LogP contribution in [0.5, 0.6) is 5.75 Å². The quantitative estimate of drug-likeness (QED) is 0.703. The van der Waals surface area contributed by atoms with Gasteiger partial charge >= 0.3 is 0 Å². The van der Waals surface area contributed by atoms with Gasteiger partial charge in [-0.2, -0.15) is 0 Å². The lowest BCUT2D eigenvalue weighted by molar-refractivity contribution is 0.306. The second kappa shape index (κ2) is 6.80. The van der Waals surface area contributed by atoms with Crippen LogP contribution in [-0.2, 0) is 0 Å². The van der Waals surface area contributed by atoms with E-state index in [0.717, 1.165) is 18.8 Å². The Bertz CT molecular complexity index is 472. The number of hydrogen-bond donors (Lipinski definition) is 0. The highest BCUT2D eigenvalue weighted by Gasteiger charge is 2.01. The summed E-state index contributed by atoms with van der Waals surface area (Å²) >= 11 is 0. The monoisotopic (exact) mass is 241 g/mol. The SMILES string of the molecule is CCCCCOc1ccc2c(c1)\C=C/C=N\C=C/2. The molecule has 1 heterocycles. The average Bonchev–Trinajstić information content (AvgIpc) is 2.36. The maximum atomic E-state index is 5.75. The van der Waals surface area contributed by atoms with Gasteiger partial charge < -0.3 is 4.74 Å². The van der Waals surface area contributed by atoms with E-state index in [1.807, 2.05) is 24.4 Å². The molecule has 0 saturated carbocycles. The number of rotatable bonds is 5. The lowest BCUT2D eigenvalue weighted by Gasteiger charge is -2.09. The molecule has 0 spiro atoms. The molecule has 1 aliphatic rings. The molecule has 1 aliphatic heterocycles. The number of fused-ring (bicyclic) bond motifs is 1. The van der Waals surface area contributed by atoms with Crippen LogP contribution >= 0.6 is 0 Å². The van der Waals surface area contributed by atoms with Crippen LogP contribution in [0, 0.1) is 0 Å². The first kappa shape index (κ1) is 12.6. The normalized spacial score (nSPS) is 18.3. The van der Waals surface area contributed by atoms with Crippen molar-refractivity contribution >= 4 is 18.4 Å². The van der Waals surface area contributed by atoms with E-state index in [4.69, 9.17) is 4.74 Å². The van der Waals surface area contributed by atoms with Crippen molar-refractivity contribution in [2.24, 2.45) is 4.99 Å². The number of allylic oxidation sites excluding steroid dienone is 1. The third-order valence-corrected chi connectivity index (χ3v) is 2.86. The molecule has 0 radical (unpaired) electrons. The Hall–Kier alpha value is -1.83. The molecule has 1 aromatic carbocycles. The van der Waals surface area contributed by atoms with Crippen molar-refractivity contribution in [1.29, 1.82) is 0 Å². The van der Waals surface area contributed by atoms with Crippen molar-refractivity contribution in [1.82, 2.24) is 0 Å². The Labute approximate surface area is 109 Å². The van der Waals surface area contributed by atoms with Crippen LogP contribution in [0.1, 0.15) is 37.3 Å². The fraction of sp³-hybridized carbons (Fsp3) is 0.312. The fourth-order valence-corrected chi connectivity index (χ4v) is 1.85. The van der Waals surface area contributed by atoms with Crippen molar-refractivity contribution in [3.05, 3.63) is 41.6 Å². The second-order valence-corrected chi connectivity index (χ2v) is 4.32. The highest BCUT2D eigenvalue weighted by molar-refractivity contribution is 5.82. The van der Waals surface area contributed by atoms with Crippen molar-refractivity contribution in [3.8, 4) is 5.75 Å². The molecule has 0 N–H and O–H groups in total. The van der Waals surface area contributed by atoms with E-state index in [-0.39, 0.29) is 0 Å². The van der Waals surface area contributed by atoms with Crippen LogP contribution in [0.3, 0.4) is 0 Å². The van der Waals surface area contributed by atoms with Crippen LogP contribution in [0.4, 0.5) is 0 Å². The molecule has 18 heavy (non-hydrogen) atoms. The van der Waals surface area contributed by atoms with Gasteiger partial charge in [0.05, 0.1) is 6.61 Å². The van der Waals surface area contributed by atoms with Gasteiger partial charge in [-0.05, 0) is 41.8 Å². The molecule has 0 atom stereocenters.